The summed E-state index contributed by atoms with van der Waals surface area (Å²) in [5, 5.41) is 15.2. The number of nitrogens with zero attached hydrogens (tertiary/aromatic N) is 1. The fraction of sp³-hybridized carbons (Fsp3) is 0.857. The van der Waals surface area contributed by atoms with Gasteiger partial charge >= 0.3 is 0 Å². The molecule has 1 aliphatic rings. The highest BCUT2D eigenvalue weighted by molar-refractivity contribution is 5.76. The number of carbonyl (C=O) groups excluding carboxylic acids is 1. The third-order valence-corrected chi connectivity index (χ3v) is 3.16. The van der Waals surface area contributed by atoms with Crippen LogP contribution >= 0.6 is 0 Å². The molecule has 0 spiro atoms. The zero-order valence-corrected chi connectivity index (χ0v) is 11.6. The first-order valence-corrected chi connectivity index (χ1v) is 6.95. The highest BCUT2D eigenvalue weighted by Gasteiger charge is 2.22. The summed E-state index contributed by atoms with van der Waals surface area (Å²) in [5.74, 6) is 0.185. The molecule has 0 radical (unpaired) electrons. The lowest BCUT2D eigenvalue weighted by molar-refractivity contribution is -0.121. The molecule has 2 N–H and O–H groups in total. The molecule has 102 valence electrons. The predicted octanol–water partition coefficient (Wildman–Crippen LogP) is 1.96. The van der Waals surface area contributed by atoms with Crippen molar-refractivity contribution in [3.05, 3.63) is 0 Å². The van der Waals surface area contributed by atoms with Gasteiger partial charge in [-0.1, -0.05) is 0 Å². The fourth-order valence-electron chi connectivity index (χ4n) is 1.74. The Morgan fingerprint density at radius 3 is 2.61 bits per heavy atom. The predicted molar refractivity (Wildman–Crippen MR) is 71.9 cm³/mol. The van der Waals surface area contributed by atoms with Crippen molar-refractivity contribution in [3.63, 3.8) is 0 Å². The van der Waals surface area contributed by atoms with E-state index >= 15 is 0 Å². The van der Waals surface area contributed by atoms with Crippen LogP contribution in [0.3, 0.4) is 0 Å². The van der Waals surface area contributed by atoms with Crippen LogP contribution in [0.4, 0.5) is 0 Å². The van der Waals surface area contributed by atoms with Gasteiger partial charge in [0.05, 0.1) is 11.5 Å². The van der Waals surface area contributed by atoms with Gasteiger partial charge in [-0.15, -0.1) is 0 Å². The van der Waals surface area contributed by atoms with E-state index in [2.05, 4.69) is 16.7 Å². The summed E-state index contributed by atoms with van der Waals surface area (Å²) in [5.41, 5.74) is -0.216. The summed E-state index contributed by atoms with van der Waals surface area (Å²) in [6.45, 7) is 5.74. The number of hydrogen-bond acceptors (Lipinski definition) is 3. The molecule has 0 unspecified atom stereocenters. The Morgan fingerprint density at radius 1 is 1.33 bits per heavy atom. The van der Waals surface area contributed by atoms with Crippen molar-refractivity contribution in [2.75, 3.05) is 13.1 Å². The van der Waals surface area contributed by atoms with Crippen LogP contribution in [0.2, 0.25) is 0 Å². The minimum Gasteiger partial charge on any atom is -0.353 e. The van der Waals surface area contributed by atoms with Crippen molar-refractivity contribution in [2.24, 2.45) is 5.41 Å². The fourth-order valence-corrected chi connectivity index (χ4v) is 1.74. The number of nitrogens with one attached hydrogen (secondary N) is 2. The molecule has 0 aliphatic heterocycles. The molecule has 0 aromatic carbocycles. The molecule has 0 saturated heterocycles. The van der Waals surface area contributed by atoms with E-state index in [4.69, 9.17) is 5.26 Å². The summed E-state index contributed by atoms with van der Waals surface area (Å²) < 4.78 is 0. The van der Waals surface area contributed by atoms with Crippen LogP contribution in [0.15, 0.2) is 0 Å². The summed E-state index contributed by atoms with van der Waals surface area (Å²) in [4.78, 5) is 11.4. The third kappa shape index (κ3) is 7.29. The van der Waals surface area contributed by atoms with Gasteiger partial charge < -0.3 is 10.6 Å². The van der Waals surface area contributed by atoms with Crippen LogP contribution in [-0.2, 0) is 4.79 Å². The summed E-state index contributed by atoms with van der Waals surface area (Å²) >= 11 is 0. The number of hydrogen-bond donors (Lipinski definition) is 2. The molecule has 18 heavy (non-hydrogen) atoms. The second-order valence-corrected chi connectivity index (χ2v) is 5.79. The van der Waals surface area contributed by atoms with Gasteiger partial charge in [-0.25, -0.2) is 0 Å². The average molecular weight is 251 g/mol. The Morgan fingerprint density at radius 2 is 2.00 bits per heavy atom. The Kier molecular flexibility index (Phi) is 6.14. The lowest BCUT2D eigenvalue weighted by Gasteiger charge is -2.14. The van der Waals surface area contributed by atoms with Crippen LogP contribution in [0.1, 0.15) is 52.4 Å². The Balaban J connectivity index is 1.86. The summed E-state index contributed by atoms with van der Waals surface area (Å²) in [7, 11) is 0. The molecule has 1 amide bonds. The van der Waals surface area contributed by atoms with E-state index in [1.165, 1.54) is 0 Å². The second-order valence-electron chi connectivity index (χ2n) is 5.79. The first-order valence-electron chi connectivity index (χ1n) is 6.95. The van der Waals surface area contributed by atoms with Gasteiger partial charge in [0.2, 0.25) is 5.91 Å². The van der Waals surface area contributed by atoms with Crippen molar-refractivity contribution in [2.45, 2.75) is 58.4 Å². The van der Waals surface area contributed by atoms with Crippen LogP contribution in [0.5, 0.6) is 0 Å². The smallest absolute Gasteiger partial charge is 0.220 e. The minimum absolute atomic E-state index is 0.185. The quantitative estimate of drug-likeness (QED) is 0.616. The average Bonchev–Trinajstić information content (AvgIpc) is 3.11. The number of rotatable bonds is 9. The molecule has 0 aromatic rings. The van der Waals surface area contributed by atoms with E-state index in [-0.39, 0.29) is 11.3 Å². The van der Waals surface area contributed by atoms with E-state index in [0.717, 1.165) is 45.2 Å². The zero-order chi connectivity index (χ0) is 13.4. The van der Waals surface area contributed by atoms with Crippen molar-refractivity contribution in [1.29, 1.82) is 5.26 Å². The highest BCUT2D eigenvalue weighted by Crippen LogP contribution is 2.20. The molecule has 1 fully saturated rings. The number of nitriles is 1. The van der Waals surface area contributed by atoms with Gasteiger partial charge in [0, 0.05) is 12.5 Å². The molecule has 1 aliphatic carbocycles. The van der Waals surface area contributed by atoms with Gasteiger partial charge in [0.1, 0.15) is 0 Å². The van der Waals surface area contributed by atoms with E-state index in [0.29, 0.717) is 12.5 Å². The monoisotopic (exact) mass is 251 g/mol. The number of carbonyl (C=O) groups is 1. The molecule has 1 rings (SSSR count). The second kappa shape index (κ2) is 7.38. The van der Waals surface area contributed by atoms with Crippen molar-refractivity contribution >= 4 is 5.91 Å². The molecular weight excluding hydrogens is 226 g/mol. The first-order chi connectivity index (χ1) is 8.53. The van der Waals surface area contributed by atoms with E-state index < -0.39 is 0 Å². The van der Waals surface area contributed by atoms with Crippen LogP contribution < -0.4 is 10.6 Å². The Hall–Kier alpha value is -1.08. The largest absolute Gasteiger partial charge is 0.353 e. The van der Waals surface area contributed by atoms with Gasteiger partial charge in [0.25, 0.3) is 0 Å². The number of amides is 1. The maximum atomic E-state index is 11.4. The first kappa shape index (κ1) is 15.0. The van der Waals surface area contributed by atoms with Crippen LogP contribution in [-0.4, -0.2) is 25.0 Å². The highest BCUT2D eigenvalue weighted by atomic mass is 16.1. The van der Waals surface area contributed by atoms with Gasteiger partial charge in [0.15, 0.2) is 0 Å². The standard InChI is InChI=1S/C14H25N3O/c1-14(2,11-15)8-4-10-16-9-3-5-13(18)17-12-6-7-12/h12,16H,3-10H2,1-2H3,(H,17,18). The van der Waals surface area contributed by atoms with E-state index in [1.54, 1.807) is 0 Å². The lowest BCUT2D eigenvalue weighted by Crippen LogP contribution is -2.26. The normalized spacial score (nSPS) is 15.2. The summed E-state index contributed by atoms with van der Waals surface area (Å²) in [6, 6.07) is 2.77. The molecule has 0 heterocycles. The SMILES string of the molecule is CC(C)(C#N)CCCNCCCC(=O)NC1CC1. The van der Waals surface area contributed by atoms with Crippen LogP contribution in [0.25, 0.3) is 0 Å². The van der Waals surface area contributed by atoms with E-state index in [9.17, 15) is 4.79 Å². The minimum atomic E-state index is -0.216. The summed E-state index contributed by atoms with van der Waals surface area (Å²) in [6.07, 6.45) is 5.73. The molecule has 1 saturated carbocycles. The molecule has 0 atom stereocenters. The van der Waals surface area contributed by atoms with Crippen molar-refractivity contribution in [3.8, 4) is 6.07 Å². The molecule has 4 heteroatoms. The molecule has 0 bridgehead atoms. The molecule has 4 nitrogen and oxygen atoms in total. The topological polar surface area (TPSA) is 64.9 Å². The molecule has 0 aromatic heterocycles. The van der Waals surface area contributed by atoms with Gasteiger partial charge in [-0.3, -0.25) is 4.79 Å². The maximum Gasteiger partial charge on any atom is 0.220 e. The van der Waals surface area contributed by atoms with E-state index in [1.807, 2.05) is 13.8 Å². The third-order valence-electron chi connectivity index (χ3n) is 3.16. The Labute approximate surface area is 110 Å². The lowest BCUT2D eigenvalue weighted by atomic mass is 9.90. The Bertz CT molecular complexity index is 303. The van der Waals surface area contributed by atoms with Gasteiger partial charge in [-0.05, 0) is 59.0 Å². The van der Waals surface area contributed by atoms with Crippen molar-refractivity contribution in [1.82, 2.24) is 10.6 Å². The maximum absolute atomic E-state index is 11.4. The molecular formula is C14H25N3O. The van der Waals surface area contributed by atoms with Crippen LogP contribution in [0, 0.1) is 16.7 Å². The van der Waals surface area contributed by atoms with Gasteiger partial charge in [-0.2, -0.15) is 5.26 Å². The van der Waals surface area contributed by atoms with Crippen molar-refractivity contribution < 1.29 is 4.79 Å². The zero-order valence-electron chi connectivity index (χ0n) is 11.6.